The number of nitrogens with one attached hydrogen (secondary N) is 1. The van der Waals surface area contributed by atoms with Crippen LogP contribution in [0.2, 0.25) is 0 Å². The van der Waals surface area contributed by atoms with Crippen molar-refractivity contribution in [1.29, 1.82) is 0 Å². The van der Waals surface area contributed by atoms with Crippen molar-refractivity contribution in [3.63, 3.8) is 0 Å². The molecule has 0 unspecified atom stereocenters. The molecule has 0 saturated heterocycles. The Morgan fingerprint density at radius 3 is 2.88 bits per heavy atom. The van der Waals surface area contributed by atoms with Crippen molar-refractivity contribution in [2.75, 3.05) is 5.32 Å². The summed E-state index contributed by atoms with van der Waals surface area (Å²) in [4.78, 5) is 19.9. The molecule has 0 aliphatic rings. The van der Waals surface area contributed by atoms with E-state index in [1.54, 1.807) is 30.6 Å². The Hall–Kier alpha value is -1.75. The number of nitrogens with zero attached hydrogens (tertiary/aromatic N) is 2. The molecule has 0 aliphatic carbocycles. The average molecular weight is 292 g/mol. The van der Waals surface area contributed by atoms with Crippen LogP contribution in [-0.4, -0.2) is 15.9 Å². The molecule has 86 valence electrons. The van der Waals surface area contributed by atoms with Gasteiger partial charge in [-0.15, -0.1) is 0 Å². The van der Waals surface area contributed by atoms with Gasteiger partial charge in [-0.2, -0.15) is 0 Å². The van der Waals surface area contributed by atoms with Crippen molar-refractivity contribution >= 4 is 27.7 Å². The number of anilines is 1. The molecule has 0 aromatic carbocycles. The highest BCUT2D eigenvalue weighted by molar-refractivity contribution is 9.10. The normalized spacial score (nSPS) is 10.0. The lowest BCUT2D eigenvalue weighted by molar-refractivity contribution is 0.102. The van der Waals surface area contributed by atoms with Crippen LogP contribution in [0.4, 0.5) is 5.82 Å². The molecule has 0 radical (unpaired) electrons. The summed E-state index contributed by atoms with van der Waals surface area (Å²) >= 11 is 3.32. The largest absolute Gasteiger partial charge is 0.306 e. The van der Waals surface area contributed by atoms with Crippen LogP contribution in [0.15, 0.2) is 41.3 Å². The summed E-state index contributed by atoms with van der Waals surface area (Å²) in [5, 5.41) is 2.71. The third-order valence-corrected chi connectivity index (χ3v) is 2.59. The van der Waals surface area contributed by atoms with Gasteiger partial charge in [0, 0.05) is 23.1 Å². The van der Waals surface area contributed by atoms with Gasteiger partial charge in [-0.3, -0.25) is 9.78 Å². The second-order valence-corrected chi connectivity index (χ2v) is 4.48. The Morgan fingerprint density at radius 1 is 1.35 bits per heavy atom. The van der Waals surface area contributed by atoms with Gasteiger partial charge in [-0.05, 0) is 30.7 Å². The van der Waals surface area contributed by atoms with E-state index in [1.807, 2.05) is 6.92 Å². The average Bonchev–Trinajstić information content (AvgIpc) is 2.29. The Morgan fingerprint density at radius 2 is 2.18 bits per heavy atom. The van der Waals surface area contributed by atoms with Crippen LogP contribution in [0.3, 0.4) is 0 Å². The van der Waals surface area contributed by atoms with E-state index < -0.39 is 0 Å². The first-order chi connectivity index (χ1) is 8.15. The van der Waals surface area contributed by atoms with E-state index in [-0.39, 0.29) is 5.91 Å². The SMILES string of the molecule is Cc1cncc(C(=O)Nc2cc(Br)ccn2)c1. The van der Waals surface area contributed by atoms with Gasteiger partial charge in [-0.25, -0.2) is 4.98 Å². The summed E-state index contributed by atoms with van der Waals surface area (Å²) in [6.07, 6.45) is 4.85. The topological polar surface area (TPSA) is 54.9 Å². The zero-order chi connectivity index (χ0) is 12.3. The Labute approximate surface area is 107 Å². The van der Waals surface area contributed by atoms with Gasteiger partial charge >= 0.3 is 0 Å². The minimum Gasteiger partial charge on any atom is -0.306 e. The fraction of sp³-hybridized carbons (Fsp3) is 0.0833. The number of carbonyl (C=O) groups is 1. The van der Waals surface area contributed by atoms with Crippen molar-refractivity contribution in [2.24, 2.45) is 0 Å². The molecule has 2 aromatic rings. The lowest BCUT2D eigenvalue weighted by Gasteiger charge is -2.04. The van der Waals surface area contributed by atoms with Crippen LogP contribution in [-0.2, 0) is 0 Å². The van der Waals surface area contributed by atoms with E-state index in [4.69, 9.17) is 0 Å². The van der Waals surface area contributed by atoms with Crippen molar-refractivity contribution in [2.45, 2.75) is 6.92 Å². The molecule has 1 N–H and O–H groups in total. The molecule has 0 spiro atoms. The minimum atomic E-state index is -0.216. The number of halogens is 1. The van der Waals surface area contributed by atoms with Crippen molar-refractivity contribution in [3.8, 4) is 0 Å². The number of carbonyl (C=O) groups excluding carboxylic acids is 1. The lowest BCUT2D eigenvalue weighted by atomic mass is 10.2. The smallest absolute Gasteiger partial charge is 0.258 e. The molecule has 0 atom stereocenters. The molecular formula is C12H10BrN3O. The summed E-state index contributed by atoms with van der Waals surface area (Å²) in [7, 11) is 0. The number of hydrogen-bond donors (Lipinski definition) is 1. The van der Waals surface area contributed by atoms with Crippen molar-refractivity contribution in [3.05, 3.63) is 52.4 Å². The first-order valence-electron chi connectivity index (χ1n) is 5.00. The lowest BCUT2D eigenvalue weighted by Crippen LogP contribution is -2.13. The van der Waals surface area contributed by atoms with Crippen LogP contribution in [0.25, 0.3) is 0 Å². The minimum absolute atomic E-state index is 0.216. The van der Waals surface area contributed by atoms with E-state index in [2.05, 4.69) is 31.2 Å². The maximum atomic E-state index is 11.9. The van der Waals surface area contributed by atoms with Crippen molar-refractivity contribution in [1.82, 2.24) is 9.97 Å². The number of rotatable bonds is 2. The van der Waals surface area contributed by atoms with E-state index in [1.165, 1.54) is 6.20 Å². The first kappa shape index (κ1) is 11.7. The molecule has 0 fully saturated rings. The zero-order valence-corrected chi connectivity index (χ0v) is 10.7. The molecule has 0 aliphatic heterocycles. The van der Waals surface area contributed by atoms with Gasteiger partial charge in [0.2, 0.25) is 0 Å². The molecule has 0 saturated carbocycles. The second kappa shape index (κ2) is 5.05. The Balaban J connectivity index is 2.17. The molecule has 4 nitrogen and oxygen atoms in total. The number of amides is 1. The van der Waals surface area contributed by atoms with Gasteiger partial charge in [0.25, 0.3) is 5.91 Å². The molecule has 2 aromatic heterocycles. The third kappa shape index (κ3) is 3.10. The predicted molar refractivity (Wildman–Crippen MR) is 68.9 cm³/mol. The molecule has 2 rings (SSSR count). The monoisotopic (exact) mass is 291 g/mol. The summed E-state index contributed by atoms with van der Waals surface area (Å²) in [5.41, 5.74) is 1.46. The quantitative estimate of drug-likeness (QED) is 0.926. The van der Waals surface area contributed by atoms with E-state index in [0.29, 0.717) is 11.4 Å². The Kier molecular flexibility index (Phi) is 3.49. The Bertz CT molecular complexity index is 557. The van der Waals surface area contributed by atoms with Gasteiger partial charge in [0.1, 0.15) is 5.82 Å². The summed E-state index contributed by atoms with van der Waals surface area (Å²) < 4.78 is 0.866. The van der Waals surface area contributed by atoms with Gasteiger partial charge in [-0.1, -0.05) is 15.9 Å². The molecule has 0 bridgehead atoms. The van der Waals surface area contributed by atoms with Crippen LogP contribution in [0.5, 0.6) is 0 Å². The van der Waals surface area contributed by atoms with Crippen LogP contribution in [0.1, 0.15) is 15.9 Å². The molecular weight excluding hydrogens is 282 g/mol. The fourth-order valence-corrected chi connectivity index (χ4v) is 1.68. The predicted octanol–water partition coefficient (Wildman–Crippen LogP) is 2.80. The second-order valence-electron chi connectivity index (χ2n) is 3.56. The van der Waals surface area contributed by atoms with E-state index in [9.17, 15) is 4.79 Å². The maximum Gasteiger partial charge on any atom is 0.258 e. The third-order valence-electron chi connectivity index (χ3n) is 2.10. The van der Waals surface area contributed by atoms with Crippen LogP contribution in [0, 0.1) is 6.92 Å². The summed E-state index contributed by atoms with van der Waals surface area (Å²) in [5.74, 6) is 0.290. The number of aromatic nitrogens is 2. The van der Waals surface area contributed by atoms with Crippen LogP contribution >= 0.6 is 15.9 Å². The molecule has 17 heavy (non-hydrogen) atoms. The number of pyridine rings is 2. The molecule has 1 amide bonds. The molecule has 2 heterocycles. The standard InChI is InChI=1S/C12H10BrN3O/c1-8-4-9(7-14-6-8)12(17)16-11-5-10(13)2-3-15-11/h2-7H,1H3,(H,15,16,17). The van der Waals surface area contributed by atoms with Gasteiger partial charge in [0.15, 0.2) is 0 Å². The summed E-state index contributed by atoms with van der Waals surface area (Å²) in [6, 6.07) is 5.31. The van der Waals surface area contributed by atoms with E-state index in [0.717, 1.165) is 10.0 Å². The zero-order valence-electron chi connectivity index (χ0n) is 9.14. The highest BCUT2D eigenvalue weighted by atomic mass is 79.9. The van der Waals surface area contributed by atoms with Gasteiger partial charge < -0.3 is 5.32 Å². The number of aryl methyl sites for hydroxylation is 1. The maximum absolute atomic E-state index is 11.9. The van der Waals surface area contributed by atoms with Gasteiger partial charge in [0.05, 0.1) is 5.56 Å². The van der Waals surface area contributed by atoms with E-state index >= 15 is 0 Å². The summed E-state index contributed by atoms with van der Waals surface area (Å²) in [6.45, 7) is 1.89. The first-order valence-corrected chi connectivity index (χ1v) is 5.79. The van der Waals surface area contributed by atoms with Crippen LogP contribution < -0.4 is 5.32 Å². The highest BCUT2D eigenvalue weighted by Gasteiger charge is 2.07. The highest BCUT2D eigenvalue weighted by Crippen LogP contribution is 2.13. The molecule has 5 heteroatoms. The number of hydrogen-bond acceptors (Lipinski definition) is 3. The fourth-order valence-electron chi connectivity index (χ4n) is 1.34. The van der Waals surface area contributed by atoms with Crippen molar-refractivity contribution < 1.29 is 4.79 Å².